The molecule has 0 aromatic heterocycles. The fraction of sp³-hybridized carbons (Fsp3) is 0.538. The Hall–Kier alpha value is -0.970. The quantitative estimate of drug-likeness (QED) is 0.874. The molecule has 2 aliphatic heterocycles. The van der Waals surface area contributed by atoms with E-state index in [0.29, 0.717) is 6.61 Å². The van der Waals surface area contributed by atoms with Crippen LogP contribution in [0.2, 0.25) is 0 Å². The third-order valence-corrected chi connectivity index (χ3v) is 3.24. The van der Waals surface area contributed by atoms with Gasteiger partial charge in [0.1, 0.15) is 12.7 Å². The predicted molar refractivity (Wildman–Crippen MR) is 72.9 cm³/mol. The van der Waals surface area contributed by atoms with E-state index in [0.717, 1.165) is 44.2 Å². The summed E-state index contributed by atoms with van der Waals surface area (Å²) in [5, 5.41) is 3.35. The van der Waals surface area contributed by atoms with Crippen LogP contribution in [0, 0.1) is 0 Å². The highest BCUT2D eigenvalue weighted by Gasteiger charge is 2.23. The maximum absolute atomic E-state index is 5.95. The molecule has 100 valence electrons. The monoisotopic (exact) mass is 270 g/mol. The van der Waals surface area contributed by atoms with Crippen molar-refractivity contribution in [2.45, 2.75) is 6.10 Å². The second kappa shape index (κ2) is 6.27. The van der Waals surface area contributed by atoms with Gasteiger partial charge in [0.2, 0.25) is 0 Å². The lowest BCUT2D eigenvalue weighted by Crippen LogP contribution is -2.49. The SMILES string of the molecule is Cl.c1ccc2c(c1)OCC(CN1CCNCC1)O2. The van der Waals surface area contributed by atoms with Crippen molar-refractivity contribution in [3.63, 3.8) is 0 Å². The molecule has 2 aliphatic rings. The van der Waals surface area contributed by atoms with Gasteiger partial charge in [-0.3, -0.25) is 4.90 Å². The standard InChI is InChI=1S/C13H18N2O2.ClH/c1-2-4-13-12(3-1)16-10-11(17-13)9-15-7-5-14-6-8-15;/h1-4,11,14H,5-10H2;1H. The van der Waals surface area contributed by atoms with E-state index in [1.807, 2.05) is 24.3 Å². The largest absolute Gasteiger partial charge is 0.486 e. The van der Waals surface area contributed by atoms with Gasteiger partial charge in [0.05, 0.1) is 0 Å². The first-order chi connectivity index (χ1) is 8.42. The van der Waals surface area contributed by atoms with Crippen molar-refractivity contribution in [2.24, 2.45) is 0 Å². The Morgan fingerprint density at radius 2 is 1.89 bits per heavy atom. The normalized spacial score (nSPS) is 23.2. The average molecular weight is 271 g/mol. The first-order valence-electron chi connectivity index (χ1n) is 6.23. The molecular weight excluding hydrogens is 252 g/mol. The Bertz CT molecular complexity index is 383. The molecule has 5 heteroatoms. The average Bonchev–Trinajstić information content (AvgIpc) is 2.40. The summed E-state index contributed by atoms with van der Waals surface area (Å²) in [5.41, 5.74) is 0. The number of ether oxygens (including phenoxy) is 2. The smallest absolute Gasteiger partial charge is 0.161 e. The maximum Gasteiger partial charge on any atom is 0.161 e. The zero-order valence-electron chi connectivity index (χ0n) is 10.3. The molecule has 1 aromatic carbocycles. The van der Waals surface area contributed by atoms with Gasteiger partial charge in [0.15, 0.2) is 11.5 Å². The van der Waals surface area contributed by atoms with E-state index in [-0.39, 0.29) is 18.5 Å². The summed E-state index contributed by atoms with van der Waals surface area (Å²) < 4.78 is 11.7. The van der Waals surface area contributed by atoms with E-state index in [9.17, 15) is 0 Å². The summed E-state index contributed by atoms with van der Waals surface area (Å²) in [5.74, 6) is 1.74. The Balaban J connectivity index is 0.00000120. The highest BCUT2D eigenvalue weighted by atomic mass is 35.5. The van der Waals surface area contributed by atoms with Gasteiger partial charge in [0.25, 0.3) is 0 Å². The molecule has 0 radical (unpaired) electrons. The zero-order chi connectivity index (χ0) is 11.5. The van der Waals surface area contributed by atoms with Gasteiger partial charge in [-0.25, -0.2) is 0 Å². The highest BCUT2D eigenvalue weighted by Crippen LogP contribution is 2.30. The van der Waals surface area contributed by atoms with Crippen molar-refractivity contribution in [1.29, 1.82) is 0 Å². The molecule has 1 saturated heterocycles. The van der Waals surface area contributed by atoms with E-state index in [1.165, 1.54) is 0 Å². The van der Waals surface area contributed by atoms with Crippen molar-refractivity contribution in [3.05, 3.63) is 24.3 Å². The molecule has 1 unspecified atom stereocenters. The van der Waals surface area contributed by atoms with E-state index in [1.54, 1.807) is 0 Å². The molecule has 0 saturated carbocycles. The molecular formula is C13H19ClN2O2. The number of hydrogen-bond donors (Lipinski definition) is 1. The van der Waals surface area contributed by atoms with Gasteiger partial charge in [-0.15, -0.1) is 12.4 Å². The fourth-order valence-electron chi connectivity index (χ4n) is 2.33. The van der Waals surface area contributed by atoms with Crippen molar-refractivity contribution < 1.29 is 9.47 Å². The second-order valence-electron chi connectivity index (χ2n) is 4.55. The summed E-state index contributed by atoms with van der Waals surface area (Å²) in [6.45, 7) is 5.95. The van der Waals surface area contributed by atoms with Gasteiger partial charge in [-0.2, -0.15) is 0 Å². The van der Waals surface area contributed by atoms with Crippen LogP contribution in [0.4, 0.5) is 0 Å². The number of piperazine rings is 1. The molecule has 0 bridgehead atoms. The van der Waals surface area contributed by atoms with Crippen LogP contribution in [-0.4, -0.2) is 50.3 Å². The van der Waals surface area contributed by atoms with Crippen molar-refractivity contribution in [1.82, 2.24) is 10.2 Å². The molecule has 0 spiro atoms. The van der Waals surface area contributed by atoms with Gasteiger partial charge in [0, 0.05) is 32.7 Å². The lowest BCUT2D eigenvalue weighted by atomic mass is 10.2. The van der Waals surface area contributed by atoms with Crippen LogP contribution >= 0.6 is 12.4 Å². The van der Waals surface area contributed by atoms with Gasteiger partial charge >= 0.3 is 0 Å². The number of nitrogens with one attached hydrogen (secondary N) is 1. The second-order valence-corrected chi connectivity index (χ2v) is 4.55. The van der Waals surface area contributed by atoms with Crippen LogP contribution in [0.15, 0.2) is 24.3 Å². The lowest BCUT2D eigenvalue weighted by molar-refractivity contribution is 0.0553. The van der Waals surface area contributed by atoms with Crippen LogP contribution in [-0.2, 0) is 0 Å². The Morgan fingerprint density at radius 1 is 1.17 bits per heavy atom. The summed E-state index contributed by atoms with van der Waals surface area (Å²) in [7, 11) is 0. The minimum absolute atomic E-state index is 0. The van der Waals surface area contributed by atoms with Crippen LogP contribution in [0.25, 0.3) is 0 Å². The molecule has 0 aliphatic carbocycles. The molecule has 3 rings (SSSR count). The molecule has 1 aromatic rings. The Labute approximate surface area is 114 Å². The van der Waals surface area contributed by atoms with Gasteiger partial charge in [-0.1, -0.05) is 12.1 Å². The summed E-state index contributed by atoms with van der Waals surface area (Å²) in [6, 6.07) is 7.88. The minimum atomic E-state index is 0. The summed E-state index contributed by atoms with van der Waals surface area (Å²) in [6.07, 6.45) is 0.156. The van der Waals surface area contributed by atoms with E-state index in [4.69, 9.17) is 9.47 Å². The van der Waals surface area contributed by atoms with Crippen molar-refractivity contribution in [2.75, 3.05) is 39.3 Å². The molecule has 18 heavy (non-hydrogen) atoms. The summed E-state index contributed by atoms with van der Waals surface area (Å²) >= 11 is 0. The lowest BCUT2D eigenvalue weighted by Gasteiger charge is -2.33. The van der Waals surface area contributed by atoms with Crippen molar-refractivity contribution >= 4 is 12.4 Å². The highest BCUT2D eigenvalue weighted by molar-refractivity contribution is 5.85. The first kappa shape index (κ1) is 13.5. The number of hydrogen-bond acceptors (Lipinski definition) is 4. The molecule has 1 atom stereocenters. The molecule has 1 fully saturated rings. The van der Waals surface area contributed by atoms with Crippen LogP contribution < -0.4 is 14.8 Å². The van der Waals surface area contributed by atoms with Crippen LogP contribution in [0.1, 0.15) is 0 Å². The Morgan fingerprint density at radius 3 is 2.67 bits per heavy atom. The topological polar surface area (TPSA) is 33.7 Å². The number of nitrogens with zero attached hydrogens (tertiary/aromatic N) is 1. The Kier molecular flexibility index (Phi) is 4.69. The third kappa shape index (κ3) is 3.07. The van der Waals surface area contributed by atoms with Crippen LogP contribution in [0.3, 0.4) is 0 Å². The van der Waals surface area contributed by atoms with E-state index in [2.05, 4.69) is 10.2 Å². The van der Waals surface area contributed by atoms with Gasteiger partial charge in [-0.05, 0) is 12.1 Å². The van der Waals surface area contributed by atoms with E-state index >= 15 is 0 Å². The maximum atomic E-state index is 5.95. The zero-order valence-corrected chi connectivity index (χ0v) is 11.1. The molecule has 4 nitrogen and oxygen atoms in total. The molecule has 1 N–H and O–H groups in total. The van der Waals surface area contributed by atoms with Crippen LogP contribution in [0.5, 0.6) is 11.5 Å². The summed E-state index contributed by atoms with van der Waals surface area (Å²) in [4.78, 5) is 2.43. The van der Waals surface area contributed by atoms with Gasteiger partial charge < -0.3 is 14.8 Å². The fourth-order valence-corrected chi connectivity index (χ4v) is 2.33. The van der Waals surface area contributed by atoms with Crippen molar-refractivity contribution in [3.8, 4) is 11.5 Å². The number of rotatable bonds is 2. The number of benzene rings is 1. The third-order valence-electron chi connectivity index (χ3n) is 3.24. The number of halogens is 1. The molecule has 2 heterocycles. The number of para-hydroxylation sites is 2. The molecule has 0 amide bonds. The van der Waals surface area contributed by atoms with E-state index < -0.39 is 0 Å². The predicted octanol–water partition coefficient (Wildman–Crippen LogP) is 1.15. The minimum Gasteiger partial charge on any atom is -0.486 e. The number of fused-ring (bicyclic) bond motifs is 1. The first-order valence-corrected chi connectivity index (χ1v) is 6.23.